The van der Waals surface area contributed by atoms with Crippen LogP contribution in [-0.2, 0) is 16.0 Å². The molecular weight excluding hydrogens is 246 g/mol. The van der Waals surface area contributed by atoms with Gasteiger partial charge in [-0.05, 0) is 24.1 Å². The molecule has 1 heterocycles. The number of aryl methyl sites for hydroxylation is 1. The standard InChI is InChI=1S/C14H19NO4/c1-15(12-8-19-9-13(12)17)14(18)7-4-10-2-5-11(16)6-3-10/h2-3,5-6,12-13,16-17H,4,7-9H2,1H3/t12-,13-/m1/s1. The average molecular weight is 265 g/mol. The Kier molecular flexibility index (Phi) is 4.39. The molecule has 2 rings (SSSR count). The summed E-state index contributed by atoms with van der Waals surface area (Å²) in [5.74, 6) is 0.209. The van der Waals surface area contributed by atoms with Crippen molar-refractivity contribution in [2.45, 2.75) is 25.0 Å². The molecule has 19 heavy (non-hydrogen) atoms. The lowest BCUT2D eigenvalue weighted by atomic mass is 10.1. The summed E-state index contributed by atoms with van der Waals surface area (Å²) in [6.45, 7) is 0.683. The highest BCUT2D eigenvalue weighted by Gasteiger charge is 2.31. The molecule has 104 valence electrons. The zero-order chi connectivity index (χ0) is 13.8. The van der Waals surface area contributed by atoms with Crippen LogP contribution in [-0.4, -0.2) is 53.4 Å². The van der Waals surface area contributed by atoms with Crippen LogP contribution >= 0.6 is 0 Å². The first kappa shape index (κ1) is 13.8. The molecule has 1 fully saturated rings. The fraction of sp³-hybridized carbons (Fsp3) is 0.500. The fourth-order valence-electron chi connectivity index (χ4n) is 2.18. The van der Waals surface area contributed by atoms with Crippen LogP contribution in [0.15, 0.2) is 24.3 Å². The molecule has 0 spiro atoms. The molecule has 0 unspecified atom stereocenters. The van der Waals surface area contributed by atoms with Crippen molar-refractivity contribution in [3.63, 3.8) is 0 Å². The van der Waals surface area contributed by atoms with Gasteiger partial charge in [0.1, 0.15) is 5.75 Å². The van der Waals surface area contributed by atoms with Crippen LogP contribution in [0, 0.1) is 0 Å². The molecule has 1 aromatic carbocycles. The third kappa shape index (κ3) is 3.45. The summed E-state index contributed by atoms with van der Waals surface area (Å²) in [4.78, 5) is 13.6. The Morgan fingerprint density at radius 3 is 2.63 bits per heavy atom. The third-order valence-electron chi connectivity index (χ3n) is 3.48. The van der Waals surface area contributed by atoms with Crippen LogP contribution in [0.5, 0.6) is 5.75 Å². The minimum absolute atomic E-state index is 0.0115. The monoisotopic (exact) mass is 265 g/mol. The summed E-state index contributed by atoms with van der Waals surface area (Å²) in [6, 6.07) is 6.58. The second-order valence-corrected chi connectivity index (χ2v) is 4.84. The van der Waals surface area contributed by atoms with Gasteiger partial charge >= 0.3 is 0 Å². The van der Waals surface area contributed by atoms with Gasteiger partial charge in [0.15, 0.2) is 0 Å². The first-order chi connectivity index (χ1) is 9.08. The molecule has 5 nitrogen and oxygen atoms in total. The van der Waals surface area contributed by atoms with Gasteiger partial charge in [-0.15, -0.1) is 0 Å². The largest absolute Gasteiger partial charge is 0.508 e. The number of aliphatic hydroxyl groups excluding tert-OH is 1. The van der Waals surface area contributed by atoms with Gasteiger partial charge in [0, 0.05) is 13.5 Å². The number of benzene rings is 1. The summed E-state index contributed by atoms with van der Waals surface area (Å²) in [7, 11) is 1.70. The normalized spacial score (nSPS) is 22.4. The number of hydrogen-bond acceptors (Lipinski definition) is 4. The minimum Gasteiger partial charge on any atom is -0.508 e. The van der Waals surface area contributed by atoms with Gasteiger partial charge < -0.3 is 19.8 Å². The van der Waals surface area contributed by atoms with Gasteiger partial charge in [-0.1, -0.05) is 12.1 Å². The van der Waals surface area contributed by atoms with Crippen molar-refractivity contribution in [2.24, 2.45) is 0 Å². The van der Waals surface area contributed by atoms with E-state index in [1.54, 1.807) is 36.2 Å². The van der Waals surface area contributed by atoms with Crippen LogP contribution in [0.2, 0.25) is 0 Å². The second-order valence-electron chi connectivity index (χ2n) is 4.84. The Morgan fingerprint density at radius 2 is 2.05 bits per heavy atom. The van der Waals surface area contributed by atoms with E-state index in [0.717, 1.165) is 5.56 Å². The number of phenolic OH excluding ortho intramolecular Hbond substituents is 1. The number of nitrogens with zero attached hydrogens (tertiary/aromatic N) is 1. The molecule has 1 amide bonds. The number of phenols is 1. The van der Waals surface area contributed by atoms with E-state index in [9.17, 15) is 15.0 Å². The van der Waals surface area contributed by atoms with Crippen molar-refractivity contribution < 1.29 is 19.7 Å². The van der Waals surface area contributed by atoms with Gasteiger partial charge in [-0.25, -0.2) is 0 Å². The van der Waals surface area contributed by atoms with Gasteiger partial charge in [-0.3, -0.25) is 4.79 Å². The molecule has 1 saturated heterocycles. The van der Waals surface area contributed by atoms with Crippen LogP contribution in [0.25, 0.3) is 0 Å². The molecule has 1 aliphatic rings. The van der Waals surface area contributed by atoms with Crippen LogP contribution in [0.1, 0.15) is 12.0 Å². The zero-order valence-corrected chi connectivity index (χ0v) is 11.0. The summed E-state index contributed by atoms with van der Waals surface area (Å²) >= 11 is 0. The molecule has 0 saturated carbocycles. The summed E-state index contributed by atoms with van der Waals surface area (Å²) in [5.41, 5.74) is 1.00. The quantitative estimate of drug-likeness (QED) is 0.834. The van der Waals surface area contributed by atoms with E-state index >= 15 is 0 Å². The van der Waals surface area contributed by atoms with E-state index in [1.165, 1.54) is 0 Å². The molecule has 5 heteroatoms. The maximum Gasteiger partial charge on any atom is 0.223 e. The van der Waals surface area contributed by atoms with Crippen molar-refractivity contribution >= 4 is 5.91 Å². The highest BCUT2D eigenvalue weighted by molar-refractivity contribution is 5.76. The van der Waals surface area contributed by atoms with Gasteiger partial charge in [0.2, 0.25) is 5.91 Å². The smallest absolute Gasteiger partial charge is 0.223 e. The highest BCUT2D eigenvalue weighted by Crippen LogP contribution is 2.15. The molecule has 0 aromatic heterocycles. The highest BCUT2D eigenvalue weighted by atomic mass is 16.5. The maximum absolute atomic E-state index is 12.0. The molecule has 0 radical (unpaired) electrons. The topological polar surface area (TPSA) is 70.0 Å². The molecular formula is C14H19NO4. The predicted molar refractivity (Wildman–Crippen MR) is 69.8 cm³/mol. The van der Waals surface area contributed by atoms with Crippen LogP contribution < -0.4 is 0 Å². The van der Waals surface area contributed by atoms with E-state index in [4.69, 9.17) is 4.74 Å². The van der Waals surface area contributed by atoms with Crippen molar-refractivity contribution in [2.75, 3.05) is 20.3 Å². The lowest BCUT2D eigenvalue weighted by Gasteiger charge is -2.25. The van der Waals surface area contributed by atoms with Gasteiger partial charge in [-0.2, -0.15) is 0 Å². The molecule has 2 N–H and O–H groups in total. The Bertz CT molecular complexity index is 432. The molecule has 2 atom stereocenters. The van der Waals surface area contributed by atoms with Crippen LogP contribution in [0.3, 0.4) is 0 Å². The summed E-state index contributed by atoms with van der Waals surface area (Å²) in [5, 5.41) is 18.9. The zero-order valence-electron chi connectivity index (χ0n) is 11.0. The molecule has 1 aliphatic heterocycles. The number of hydrogen-bond donors (Lipinski definition) is 2. The van der Waals surface area contributed by atoms with E-state index in [0.29, 0.717) is 26.1 Å². The van der Waals surface area contributed by atoms with Crippen molar-refractivity contribution in [3.8, 4) is 5.75 Å². The molecule has 0 bridgehead atoms. The van der Waals surface area contributed by atoms with Crippen molar-refractivity contribution in [3.05, 3.63) is 29.8 Å². The average Bonchev–Trinajstić information content (AvgIpc) is 2.83. The number of likely N-dealkylation sites (N-methyl/N-ethyl adjacent to an activating group) is 1. The van der Waals surface area contributed by atoms with Gasteiger partial charge in [0.05, 0.1) is 25.4 Å². The van der Waals surface area contributed by atoms with E-state index in [-0.39, 0.29) is 17.7 Å². The Balaban J connectivity index is 1.85. The second kappa shape index (κ2) is 6.04. The van der Waals surface area contributed by atoms with Crippen molar-refractivity contribution in [1.29, 1.82) is 0 Å². The number of aromatic hydroxyl groups is 1. The first-order valence-electron chi connectivity index (χ1n) is 6.37. The Labute approximate surface area is 112 Å². The number of amides is 1. The summed E-state index contributed by atoms with van der Waals surface area (Å²) in [6.07, 6.45) is 0.403. The maximum atomic E-state index is 12.0. The van der Waals surface area contributed by atoms with Crippen LogP contribution in [0.4, 0.5) is 0 Å². The fourth-order valence-corrected chi connectivity index (χ4v) is 2.18. The van der Waals surface area contributed by atoms with Crippen molar-refractivity contribution in [1.82, 2.24) is 4.90 Å². The Hall–Kier alpha value is -1.59. The first-order valence-corrected chi connectivity index (χ1v) is 6.37. The molecule has 1 aromatic rings. The lowest BCUT2D eigenvalue weighted by molar-refractivity contribution is -0.133. The third-order valence-corrected chi connectivity index (χ3v) is 3.48. The van der Waals surface area contributed by atoms with E-state index in [2.05, 4.69) is 0 Å². The van der Waals surface area contributed by atoms with E-state index in [1.807, 2.05) is 0 Å². The predicted octanol–water partition coefficient (Wildman–Crippen LogP) is 0.543. The Morgan fingerprint density at radius 1 is 1.37 bits per heavy atom. The number of carbonyl (C=O) groups is 1. The minimum atomic E-state index is -0.595. The number of aliphatic hydroxyl groups is 1. The number of carbonyl (C=O) groups excluding carboxylic acids is 1. The number of rotatable bonds is 4. The van der Waals surface area contributed by atoms with Gasteiger partial charge in [0.25, 0.3) is 0 Å². The van der Waals surface area contributed by atoms with E-state index < -0.39 is 6.10 Å². The lowest BCUT2D eigenvalue weighted by Crippen LogP contribution is -2.44. The molecule has 0 aliphatic carbocycles. The SMILES string of the molecule is CN(C(=O)CCc1ccc(O)cc1)[C@@H]1COC[C@H]1O. The number of ether oxygens (including phenoxy) is 1. The summed E-state index contributed by atoms with van der Waals surface area (Å²) < 4.78 is 5.14.